The van der Waals surface area contributed by atoms with Gasteiger partial charge in [-0.2, -0.15) is 0 Å². The molecule has 1 aliphatic carbocycles. The second-order valence-corrected chi connectivity index (χ2v) is 21.0. The molecular formula is C55H33NSSi. The van der Waals surface area contributed by atoms with Crippen molar-refractivity contribution < 1.29 is 0 Å². The molecule has 0 atom stereocenters. The SMILES string of the molecule is c1ccc2c(c1)-c1ccccc1C21c2ccccc2N(c2ccc3c(c2)[Si]2(c4ccccc4-c4ccccc42)c2cc4c(cc2-3)sc2ccccc24)c2ccccc21. The van der Waals surface area contributed by atoms with Crippen LogP contribution in [0.2, 0.25) is 0 Å². The summed E-state index contributed by atoms with van der Waals surface area (Å²) in [6.07, 6.45) is 0. The minimum atomic E-state index is -2.76. The molecule has 0 amide bonds. The maximum absolute atomic E-state index is 2.76. The minimum Gasteiger partial charge on any atom is -0.310 e. The molecule has 0 saturated heterocycles. The van der Waals surface area contributed by atoms with Crippen LogP contribution in [0.25, 0.3) is 53.6 Å². The molecule has 4 heterocycles. The van der Waals surface area contributed by atoms with Gasteiger partial charge in [-0.05, 0) is 113 Å². The summed E-state index contributed by atoms with van der Waals surface area (Å²) in [5.41, 5.74) is 16.8. The molecule has 2 spiro atoms. The van der Waals surface area contributed by atoms with Gasteiger partial charge in [0.1, 0.15) is 0 Å². The smallest absolute Gasteiger partial charge is 0.182 e. The van der Waals surface area contributed by atoms with E-state index in [2.05, 4.69) is 205 Å². The quantitative estimate of drug-likeness (QED) is 0.150. The Bertz CT molecular complexity index is 3300. The van der Waals surface area contributed by atoms with Crippen LogP contribution in [0.15, 0.2) is 200 Å². The van der Waals surface area contributed by atoms with Crippen molar-refractivity contribution in [2.75, 3.05) is 4.90 Å². The van der Waals surface area contributed by atoms with Crippen molar-refractivity contribution in [3.05, 3.63) is 222 Å². The molecule has 3 aliphatic heterocycles. The van der Waals surface area contributed by atoms with Gasteiger partial charge in [-0.3, -0.25) is 0 Å². The van der Waals surface area contributed by atoms with Crippen molar-refractivity contribution in [3.8, 4) is 33.4 Å². The number of nitrogens with zero attached hydrogens (tertiary/aromatic N) is 1. The number of thiophene rings is 1. The van der Waals surface area contributed by atoms with E-state index in [1.807, 2.05) is 11.3 Å². The van der Waals surface area contributed by atoms with Crippen LogP contribution >= 0.6 is 11.3 Å². The fraction of sp³-hybridized carbons (Fsp3) is 0.0182. The number of benzene rings is 9. The summed E-state index contributed by atoms with van der Waals surface area (Å²) in [7, 11) is -2.76. The Kier molecular flexibility index (Phi) is 5.93. The molecule has 0 radical (unpaired) electrons. The van der Waals surface area contributed by atoms with E-state index in [4.69, 9.17) is 0 Å². The van der Waals surface area contributed by atoms with Gasteiger partial charge in [-0.25, -0.2) is 0 Å². The average molecular weight is 768 g/mol. The summed E-state index contributed by atoms with van der Waals surface area (Å²) in [5.74, 6) is 0. The molecule has 0 unspecified atom stereocenters. The van der Waals surface area contributed by atoms with Crippen LogP contribution in [0, 0.1) is 0 Å². The van der Waals surface area contributed by atoms with Crippen molar-refractivity contribution in [3.63, 3.8) is 0 Å². The molecule has 268 valence electrons. The van der Waals surface area contributed by atoms with Gasteiger partial charge in [-0.1, -0.05) is 164 Å². The van der Waals surface area contributed by atoms with Gasteiger partial charge >= 0.3 is 0 Å². The van der Waals surface area contributed by atoms with Crippen LogP contribution in [0.5, 0.6) is 0 Å². The Hall–Kier alpha value is -6.78. The molecule has 4 aliphatic rings. The first-order chi connectivity index (χ1) is 28.8. The fourth-order valence-corrected chi connectivity index (χ4v) is 18.6. The van der Waals surface area contributed by atoms with Crippen molar-refractivity contribution >= 4 is 77.4 Å². The molecule has 58 heavy (non-hydrogen) atoms. The predicted molar refractivity (Wildman–Crippen MR) is 246 cm³/mol. The van der Waals surface area contributed by atoms with E-state index in [0.717, 1.165) is 0 Å². The van der Waals surface area contributed by atoms with E-state index in [-0.39, 0.29) is 0 Å². The third-order valence-electron chi connectivity index (χ3n) is 13.9. The average Bonchev–Trinajstić information content (AvgIpc) is 3.98. The van der Waals surface area contributed by atoms with Gasteiger partial charge in [0.2, 0.25) is 0 Å². The van der Waals surface area contributed by atoms with Gasteiger partial charge in [0.05, 0.1) is 16.8 Å². The summed E-state index contributed by atoms with van der Waals surface area (Å²) in [6, 6.07) is 76.8. The molecule has 14 rings (SSSR count). The van der Waals surface area contributed by atoms with Crippen molar-refractivity contribution in [2.45, 2.75) is 5.41 Å². The second-order valence-electron chi connectivity index (χ2n) is 16.3. The first kappa shape index (κ1) is 31.3. The Labute approximate surface area is 341 Å². The van der Waals surface area contributed by atoms with E-state index in [1.165, 1.54) is 114 Å². The van der Waals surface area contributed by atoms with Crippen LogP contribution in [-0.2, 0) is 5.41 Å². The second kappa shape index (κ2) is 11.0. The maximum Gasteiger partial charge on any atom is 0.182 e. The van der Waals surface area contributed by atoms with E-state index in [0.29, 0.717) is 0 Å². The van der Waals surface area contributed by atoms with Crippen molar-refractivity contribution in [2.24, 2.45) is 0 Å². The highest BCUT2D eigenvalue weighted by Crippen LogP contribution is 2.63. The van der Waals surface area contributed by atoms with Gasteiger partial charge < -0.3 is 4.90 Å². The largest absolute Gasteiger partial charge is 0.310 e. The molecule has 1 aromatic heterocycles. The predicted octanol–water partition coefficient (Wildman–Crippen LogP) is 11.5. The molecular weight excluding hydrogens is 735 g/mol. The monoisotopic (exact) mass is 767 g/mol. The maximum atomic E-state index is 2.61. The lowest BCUT2D eigenvalue weighted by molar-refractivity contribution is 0.752. The Morgan fingerprint density at radius 2 is 0.845 bits per heavy atom. The highest BCUT2D eigenvalue weighted by Gasteiger charge is 2.55. The van der Waals surface area contributed by atoms with Gasteiger partial charge in [0, 0.05) is 25.9 Å². The number of hydrogen-bond donors (Lipinski definition) is 0. The lowest BCUT2D eigenvalue weighted by atomic mass is 9.64. The van der Waals surface area contributed by atoms with Gasteiger partial charge in [0.25, 0.3) is 0 Å². The van der Waals surface area contributed by atoms with E-state index < -0.39 is 13.5 Å². The lowest BCUT2D eigenvalue weighted by Gasteiger charge is -2.45. The van der Waals surface area contributed by atoms with E-state index >= 15 is 0 Å². The molecule has 0 N–H and O–H groups in total. The Morgan fingerprint density at radius 3 is 1.50 bits per heavy atom. The summed E-state index contributed by atoms with van der Waals surface area (Å²) in [5, 5.41) is 8.75. The van der Waals surface area contributed by atoms with Crippen LogP contribution in [0.3, 0.4) is 0 Å². The van der Waals surface area contributed by atoms with Crippen LogP contribution < -0.4 is 25.6 Å². The van der Waals surface area contributed by atoms with Crippen LogP contribution in [0.1, 0.15) is 22.3 Å². The summed E-state index contributed by atoms with van der Waals surface area (Å²) in [4.78, 5) is 2.57. The summed E-state index contributed by atoms with van der Waals surface area (Å²) in [6.45, 7) is 0. The molecule has 10 aromatic rings. The van der Waals surface area contributed by atoms with Crippen LogP contribution in [-0.4, -0.2) is 8.07 Å². The Balaban J connectivity index is 1.07. The third kappa shape index (κ3) is 3.56. The normalized spacial score (nSPS) is 15.1. The number of fused-ring (bicyclic) bond motifs is 22. The van der Waals surface area contributed by atoms with Crippen LogP contribution in [0.4, 0.5) is 17.1 Å². The topological polar surface area (TPSA) is 3.24 Å². The highest BCUT2D eigenvalue weighted by molar-refractivity contribution is 7.27. The first-order valence-electron chi connectivity index (χ1n) is 20.3. The van der Waals surface area contributed by atoms with E-state index in [1.54, 1.807) is 0 Å². The third-order valence-corrected chi connectivity index (χ3v) is 19.9. The lowest BCUT2D eigenvalue weighted by Crippen LogP contribution is -2.70. The molecule has 3 heteroatoms. The van der Waals surface area contributed by atoms with Crippen molar-refractivity contribution in [1.29, 1.82) is 0 Å². The number of para-hydroxylation sites is 2. The number of hydrogen-bond acceptors (Lipinski definition) is 2. The number of rotatable bonds is 1. The zero-order chi connectivity index (χ0) is 37.7. The highest BCUT2D eigenvalue weighted by atomic mass is 32.1. The molecule has 9 aromatic carbocycles. The van der Waals surface area contributed by atoms with Crippen molar-refractivity contribution in [1.82, 2.24) is 0 Å². The summed E-state index contributed by atoms with van der Waals surface area (Å²) < 4.78 is 2.72. The molecule has 0 saturated carbocycles. The minimum absolute atomic E-state index is 0.433. The van der Waals surface area contributed by atoms with Gasteiger partial charge in [-0.15, -0.1) is 11.3 Å². The number of anilines is 3. The first-order valence-corrected chi connectivity index (χ1v) is 23.1. The molecule has 1 nitrogen and oxygen atoms in total. The Morgan fingerprint density at radius 1 is 0.345 bits per heavy atom. The zero-order valence-electron chi connectivity index (χ0n) is 31.4. The molecule has 0 fully saturated rings. The molecule has 0 bridgehead atoms. The van der Waals surface area contributed by atoms with E-state index in [9.17, 15) is 0 Å². The zero-order valence-corrected chi connectivity index (χ0v) is 33.2. The fourth-order valence-electron chi connectivity index (χ4n) is 11.8. The summed E-state index contributed by atoms with van der Waals surface area (Å²) >= 11 is 1.92. The standard InChI is InChI=1S/C55H33NSSi/c1-6-20-43-35(15-1)36-16-2-7-21-44(36)55(43)45-22-8-10-24-47(45)56(48-25-11-9-23-46(48)55)34-29-30-40-42-32-50-41(37-17-3-12-26-49(37)57-50)33-54(42)58(53(40)31-34)51-27-13-4-18-38(51)39-19-5-14-28-52(39)58/h1-33H. The van der Waals surface area contributed by atoms with Gasteiger partial charge in [0.15, 0.2) is 8.07 Å².